The normalized spacial score (nSPS) is 11.0. The first-order valence-corrected chi connectivity index (χ1v) is 4.59. The molecule has 1 aromatic carbocycles. The molecule has 0 bridgehead atoms. The van der Waals surface area contributed by atoms with Gasteiger partial charge in [-0.3, -0.25) is 0 Å². The summed E-state index contributed by atoms with van der Waals surface area (Å²) >= 11 is 0. The molecule has 0 saturated heterocycles. The van der Waals surface area contributed by atoms with Crippen LogP contribution in [0.25, 0.3) is 11.0 Å². The van der Waals surface area contributed by atoms with Gasteiger partial charge in [0.25, 0.3) is 0 Å². The second-order valence-electron chi connectivity index (χ2n) is 3.27. The lowest BCUT2D eigenvalue weighted by molar-refractivity contribution is 0.478. The minimum atomic E-state index is 0.0956. The Balaban J connectivity index is 2.87. The average Bonchev–Trinajstić information content (AvgIpc) is 2.49. The van der Waals surface area contributed by atoms with Crippen LogP contribution in [-0.4, -0.2) is 14.7 Å². The standard InChI is InChI=1S/C10H13N3O/c1-3-13-6(2)12-10-7(13)4-5-8(14)9(10)11/h4-5,14H,3,11H2,1-2H3. The van der Waals surface area contributed by atoms with Crippen LogP contribution in [-0.2, 0) is 6.54 Å². The van der Waals surface area contributed by atoms with E-state index in [1.54, 1.807) is 6.07 Å². The summed E-state index contributed by atoms with van der Waals surface area (Å²) in [6.45, 7) is 4.84. The zero-order valence-electron chi connectivity index (χ0n) is 8.28. The first-order valence-electron chi connectivity index (χ1n) is 4.59. The van der Waals surface area contributed by atoms with E-state index < -0.39 is 0 Å². The Kier molecular flexibility index (Phi) is 1.84. The largest absolute Gasteiger partial charge is 0.506 e. The Labute approximate surface area is 82.0 Å². The molecule has 0 aliphatic heterocycles. The van der Waals surface area contributed by atoms with Crippen LogP contribution in [0.1, 0.15) is 12.7 Å². The summed E-state index contributed by atoms with van der Waals surface area (Å²) in [4.78, 5) is 4.32. The molecule has 0 aliphatic rings. The third-order valence-electron chi connectivity index (χ3n) is 2.44. The molecule has 4 heteroatoms. The van der Waals surface area contributed by atoms with Gasteiger partial charge in [0.15, 0.2) is 0 Å². The van der Waals surface area contributed by atoms with Crippen LogP contribution in [0, 0.1) is 6.92 Å². The number of anilines is 1. The number of nitrogens with zero attached hydrogens (tertiary/aromatic N) is 2. The lowest BCUT2D eigenvalue weighted by atomic mass is 10.2. The number of aromatic nitrogens is 2. The van der Waals surface area contributed by atoms with Crippen LogP contribution in [0.2, 0.25) is 0 Å². The minimum Gasteiger partial charge on any atom is -0.506 e. The van der Waals surface area contributed by atoms with E-state index in [9.17, 15) is 5.11 Å². The first kappa shape index (κ1) is 8.87. The molecular weight excluding hydrogens is 178 g/mol. The highest BCUT2D eigenvalue weighted by Crippen LogP contribution is 2.29. The van der Waals surface area contributed by atoms with Crippen LogP contribution < -0.4 is 5.73 Å². The van der Waals surface area contributed by atoms with Gasteiger partial charge < -0.3 is 15.4 Å². The molecule has 0 aliphatic carbocycles. The smallest absolute Gasteiger partial charge is 0.140 e. The number of phenolic OH excluding ortho intramolecular Hbond substituents is 1. The number of rotatable bonds is 1. The number of imidazole rings is 1. The highest BCUT2D eigenvalue weighted by molar-refractivity contribution is 5.91. The molecule has 2 rings (SSSR count). The monoisotopic (exact) mass is 191 g/mol. The van der Waals surface area contributed by atoms with Gasteiger partial charge in [0.2, 0.25) is 0 Å². The molecule has 14 heavy (non-hydrogen) atoms. The van der Waals surface area contributed by atoms with Crippen molar-refractivity contribution in [2.45, 2.75) is 20.4 Å². The SMILES string of the molecule is CCn1c(C)nc2c(N)c(O)ccc21. The molecule has 0 atom stereocenters. The molecule has 2 aromatic rings. The number of hydrogen-bond acceptors (Lipinski definition) is 3. The van der Waals surface area contributed by atoms with Crippen LogP contribution in [0.3, 0.4) is 0 Å². The van der Waals surface area contributed by atoms with Crippen molar-refractivity contribution in [2.24, 2.45) is 0 Å². The summed E-state index contributed by atoms with van der Waals surface area (Å²) in [6, 6.07) is 3.44. The molecule has 1 aromatic heterocycles. The second kappa shape index (κ2) is 2.90. The van der Waals surface area contributed by atoms with Crippen molar-refractivity contribution < 1.29 is 5.11 Å². The number of aromatic hydroxyl groups is 1. The third-order valence-corrected chi connectivity index (χ3v) is 2.44. The van der Waals surface area contributed by atoms with E-state index in [1.807, 2.05) is 13.0 Å². The minimum absolute atomic E-state index is 0.0956. The van der Waals surface area contributed by atoms with Crippen molar-refractivity contribution in [3.63, 3.8) is 0 Å². The van der Waals surface area contributed by atoms with Crippen LogP contribution in [0.4, 0.5) is 5.69 Å². The van der Waals surface area contributed by atoms with E-state index >= 15 is 0 Å². The molecule has 4 nitrogen and oxygen atoms in total. The highest BCUT2D eigenvalue weighted by atomic mass is 16.3. The number of nitrogen functional groups attached to an aromatic ring is 1. The van der Waals surface area contributed by atoms with E-state index in [0.29, 0.717) is 11.2 Å². The Morgan fingerprint density at radius 2 is 2.21 bits per heavy atom. The van der Waals surface area contributed by atoms with Crippen LogP contribution in [0.5, 0.6) is 5.75 Å². The Morgan fingerprint density at radius 3 is 2.86 bits per heavy atom. The molecule has 0 fully saturated rings. The fourth-order valence-corrected chi connectivity index (χ4v) is 1.72. The van der Waals surface area contributed by atoms with Gasteiger partial charge in [0.05, 0.1) is 5.52 Å². The number of aryl methyl sites for hydroxylation is 2. The van der Waals surface area contributed by atoms with Crippen molar-refractivity contribution in [1.82, 2.24) is 9.55 Å². The summed E-state index contributed by atoms with van der Waals surface area (Å²) in [5.41, 5.74) is 7.75. The predicted octanol–water partition coefficient (Wildman–Crippen LogP) is 1.65. The van der Waals surface area contributed by atoms with E-state index in [4.69, 9.17) is 5.73 Å². The van der Waals surface area contributed by atoms with Gasteiger partial charge in [-0.15, -0.1) is 0 Å². The molecule has 1 heterocycles. The van der Waals surface area contributed by atoms with Gasteiger partial charge in [0, 0.05) is 6.54 Å². The number of benzene rings is 1. The first-order chi connectivity index (χ1) is 6.65. The number of nitrogens with two attached hydrogens (primary N) is 1. The molecule has 3 N–H and O–H groups in total. The average molecular weight is 191 g/mol. The van der Waals surface area contributed by atoms with Gasteiger partial charge in [0.1, 0.15) is 22.8 Å². The van der Waals surface area contributed by atoms with Crippen molar-refractivity contribution in [3.05, 3.63) is 18.0 Å². The quantitative estimate of drug-likeness (QED) is 0.532. The molecular formula is C10H13N3O. The summed E-state index contributed by atoms with van der Waals surface area (Å²) in [7, 11) is 0. The topological polar surface area (TPSA) is 64.1 Å². The maximum Gasteiger partial charge on any atom is 0.140 e. The molecule has 74 valence electrons. The lowest BCUT2D eigenvalue weighted by Gasteiger charge is -2.02. The second-order valence-corrected chi connectivity index (χ2v) is 3.27. The Hall–Kier alpha value is -1.71. The number of fused-ring (bicyclic) bond motifs is 1. The maximum absolute atomic E-state index is 9.42. The molecule has 0 saturated carbocycles. The third kappa shape index (κ3) is 1.04. The zero-order valence-corrected chi connectivity index (χ0v) is 8.28. The van der Waals surface area contributed by atoms with E-state index in [2.05, 4.69) is 16.5 Å². The van der Waals surface area contributed by atoms with Crippen molar-refractivity contribution in [2.75, 3.05) is 5.73 Å². The highest BCUT2D eigenvalue weighted by Gasteiger charge is 2.10. The molecule has 0 amide bonds. The fourth-order valence-electron chi connectivity index (χ4n) is 1.72. The molecule has 0 unspecified atom stereocenters. The predicted molar refractivity (Wildman–Crippen MR) is 56.2 cm³/mol. The van der Waals surface area contributed by atoms with Crippen LogP contribution >= 0.6 is 0 Å². The van der Waals surface area contributed by atoms with Gasteiger partial charge >= 0.3 is 0 Å². The van der Waals surface area contributed by atoms with E-state index in [1.165, 1.54) is 0 Å². The fraction of sp³-hybridized carbons (Fsp3) is 0.300. The summed E-state index contributed by atoms with van der Waals surface area (Å²) < 4.78 is 2.06. The summed E-state index contributed by atoms with van der Waals surface area (Å²) in [6.07, 6.45) is 0. The summed E-state index contributed by atoms with van der Waals surface area (Å²) in [5.74, 6) is 1.01. The zero-order chi connectivity index (χ0) is 10.3. The van der Waals surface area contributed by atoms with Gasteiger partial charge in [-0.05, 0) is 26.0 Å². The molecule has 0 radical (unpaired) electrons. The van der Waals surface area contributed by atoms with Crippen molar-refractivity contribution in [3.8, 4) is 5.75 Å². The van der Waals surface area contributed by atoms with Gasteiger partial charge in [-0.1, -0.05) is 0 Å². The number of hydrogen-bond donors (Lipinski definition) is 2. The molecule has 0 spiro atoms. The van der Waals surface area contributed by atoms with Crippen LogP contribution in [0.15, 0.2) is 12.1 Å². The summed E-state index contributed by atoms with van der Waals surface area (Å²) in [5, 5.41) is 9.42. The van der Waals surface area contributed by atoms with Crippen molar-refractivity contribution >= 4 is 16.7 Å². The van der Waals surface area contributed by atoms with Gasteiger partial charge in [-0.2, -0.15) is 0 Å². The van der Waals surface area contributed by atoms with E-state index in [-0.39, 0.29) is 5.75 Å². The Bertz CT molecular complexity index is 488. The number of phenols is 1. The van der Waals surface area contributed by atoms with Crippen molar-refractivity contribution in [1.29, 1.82) is 0 Å². The lowest BCUT2D eigenvalue weighted by Crippen LogP contribution is -1.96. The van der Waals surface area contributed by atoms with E-state index in [0.717, 1.165) is 17.9 Å². The maximum atomic E-state index is 9.42. The van der Waals surface area contributed by atoms with Gasteiger partial charge in [-0.25, -0.2) is 4.98 Å². The Morgan fingerprint density at radius 1 is 1.50 bits per heavy atom.